The lowest BCUT2D eigenvalue weighted by atomic mass is 9.97. The topological polar surface area (TPSA) is 109 Å². The van der Waals surface area contributed by atoms with Gasteiger partial charge in [0.1, 0.15) is 17.3 Å². The van der Waals surface area contributed by atoms with Gasteiger partial charge in [0.2, 0.25) is 0 Å². The number of aromatic nitrogens is 2. The van der Waals surface area contributed by atoms with Gasteiger partial charge >= 0.3 is 5.97 Å². The second-order valence-corrected chi connectivity index (χ2v) is 10.0. The molecule has 0 radical (unpaired) electrons. The van der Waals surface area contributed by atoms with Gasteiger partial charge in [-0.05, 0) is 61.1 Å². The molecule has 2 aromatic carbocycles. The third-order valence-corrected chi connectivity index (χ3v) is 7.78. The van der Waals surface area contributed by atoms with E-state index in [1.165, 1.54) is 9.78 Å². The van der Waals surface area contributed by atoms with Crippen molar-refractivity contribution < 1.29 is 19.1 Å². The molecule has 180 valence electrons. The average molecular weight is 500 g/mol. The number of nitrogens with one attached hydrogen (secondary N) is 1. The standard InChI is InChI=1S/C27H21N3O5S/c31-23-22-19-10-3-4-11-20(19)36-24(22)29-21(28-23)14-35-27(34)16-7-5-6-15(12-16)13-30-25(32)17-8-1-2-9-18(17)26(30)33/h1-2,5-9,12H,3-4,10-11,13-14H2,(H,28,29,31). The molecule has 36 heavy (non-hydrogen) atoms. The minimum atomic E-state index is -0.590. The van der Waals surface area contributed by atoms with Gasteiger partial charge in [-0.2, -0.15) is 0 Å². The molecule has 2 amide bonds. The first-order valence-electron chi connectivity index (χ1n) is 11.7. The Balaban J connectivity index is 1.16. The summed E-state index contributed by atoms with van der Waals surface area (Å²) in [6.45, 7) is -0.128. The molecule has 1 aliphatic heterocycles. The van der Waals surface area contributed by atoms with E-state index in [1.54, 1.807) is 59.9 Å². The van der Waals surface area contributed by atoms with Crippen molar-refractivity contribution in [3.63, 3.8) is 0 Å². The number of amides is 2. The number of carbonyl (C=O) groups is 3. The molecule has 0 saturated heterocycles. The van der Waals surface area contributed by atoms with Gasteiger partial charge in [0.15, 0.2) is 0 Å². The van der Waals surface area contributed by atoms with Crippen LogP contribution >= 0.6 is 11.3 Å². The fourth-order valence-electron chi connectivity index (χ4n) is 4.86. The minimum absolute atomic E-state index is 0.0437. The van der Waals surface area contributed by atoms with E-state index in [0.29, 0.717) is 32.7 Å². The van der Waals surface area contributed by atoms with E-state index < -0.39 is 5.97 Å². The first kappa shape index (κ1) is 22.4. The van der Waals surface area contributed by atoms with E-state index in [4.69, 9.17) is 4.74 Å². The first-order valence-corrected chi connectivity index (χ1v) is 12.6. The van der Waals surface area contributed by atoms with Crippen molar-refractivity contribution in [1.82, 2.24) is 14.9 Å². The van der Waals surface area contributed by atoms with Crippen LogP contribution in [0.2, 0.25) is 0 Å². The number of aryl methyl sites for hydroxylation is 2. The van der Waals surface area contributed by atoms with Crippen molar-refractivity contribution in [3.05, 3.63) is 97.4 Å². The van der Waals surface area contributed by atoms with Crippen molar-refractivity contribution in [2.75, 3.05) is 0 Å². The number of fused-ring (bicyclic) bond motifs is 4. The van der Waals surface area contributed by atoms with Crippen molar-refractivity contribution in [2.45, 2.75) is 38.8 Å². The maximum atomic E-state index is 12.7. The highest BCUT2D eigenvalue weighted by Crippen LogP contribution is 2.33. The third-order valence-electron chi connectivity index (χ3n) is 6.60. The molecule has 1 N–H and O–H groups in total. The molecule has 0 unspecified atom stereocenters. The monoisotopic (exact) mass is 499 g/mol. The first-order chi connectivity index (χ1) is 17.5. The lowest BCUT2D eigenvalue weighted by Gasteiger charge is -2.14. The number of hydrogen-bond donors (Lipinski definition) is 1. The fourth-order valence-corrected chi connectivity index (χ4v) is 6.14. The Morgan fingerprint density at radius 2 is 1.75 bits per heavy atom. The molecule has 1 aliphatic carbocycles. The Hall–Kier alpha value is -4.11. The van der Waals surface area contributed by atoms with Crippen LogP contribution in [0, 0.1) is 0 Å². The molecule has 0 bridgehead atoms. The van der Waals surface area contributed by atoms with Crippen molar-refractivity contribution >= 4 is 39.3 Å². The summed E-state index contributed by atoms with van der Waals surface area (Å²) in [6, 6.07) is 13.3. The van der Waals surface area contributed by atoms with E-state index >= 15 is 0 Å². The Bertz CT molecular complexity index is 1580. The van der Waals surface area contributed by atoms with Crippen molar-refractivity contribution in [1.29, 1.82) is 0 Å². The van der Waals surface area contributed by atoms with Crippen LogP contribution in [0.5, 0.6) is 0 Å². The number of benzene rings is 2. The summed E-state index contributed by atoms with van der Waals surface area (Å²) in [6.07, 6.45) is 4.06. The molecule has 4 aromatic rings. The highest BCUT2D eigenvalue weighted by atomic mass is 32.1. The Labute approximate surface area is 209 Å². The van der Waals surface area contributed by atoms with Crippen LogP contribution < -0.4 is 5.56 Å². The van der Waals surface area contributed by atoms with E-state index in [2.05, 4.69) is 9.97 Å². The summed E-state index contributed by atoms with van der Waals surface area (Å²) in [5.74, 6) is -1.01. The molecule has 9 heteroatoms. The maximum Gasteiger partial charge on any atom is 0.338 e. The number of carbonyl (C=O) groups excluding carboxylic acids is 3. The molecule has 0 fully saturated rings. The molecular weight excluding hydrogens is 478 g/mol. The number of rotatable bonds is 5. The van der Waals surface area contributed by atoms with Gasteiger partial charge in [0.05, 0.1) is 28.6 Å². The van der Waals surface area contributed by atoms with Crippen molar-refractivity contribution in [2.24, 2.45) is 0 Å². The highest BCUT2D eigenvalue weighted by Gasteiger charge is 2.35. The van der Waals surface area contributed by atoms with E-state index in [0.717, 1.165) is 31.2 Å². The zero-order chi connectivity index (χ0) is 24.8. The largest absolute Gasteiger partial charge is 0.454 e. The molecule has 8 nitrogen and oxygen atoms in total. The molecule has 6 rings (SSSR count). The van der Waals surface area contributed by atoms with Gasteiger partial charge in [0.25, 0.3) is 17.4 Å². The summed E-state index contributed by atoms with van der Waals surface area (Å²) < 4.78 is 5.42. The van der Waals surface area contributed by atoms with Crippen LogP contribution in [-0.4, -0.2) is 32.7 Å². The zero-order valence-corrected chi connectivity index (χ0v) is 20.0. The second kappa shape index (κ2) is 8.83. The van der Waals surface area contributed by atoms with Crippen LogP contribution in [0.1, 0.15) is 65.7 Å². The number of thiophene rings is 1. The minimum Gasteiger partial charge on any atom is -0.454 e. The molecular formula is C27H21N3O5S. The molecule has 3 heterocycles. The molecule has 2 aromatic heterocycles. The van der Waals surface area contributed by atoms with Gasteiger partial charge in [-0.25, -0.2) is 9.78 Å². The van der Waals surface area contributed by atoms with Crippen LogP contribution in [-0.2, 0) is 30.7 Å². The lowest BCUT2D eigenvalue weighted by Crippen LogP contribution is -2.29. The van der Waals surface area contributed by atoms with Crippen LogP contribution in [0.25, 0.3) is 10.2 Å². The average Bonchev–Trinajstić information content (AvgIpc) is 3.39. The lowest BCUT2D eigenvalue weighted by molar-refractivity contribution is 0.0462. The van der Waals surface area contributed by atoms with Gasteiger partial charge < -0.3 is 9.72 Å². The number of aromatic amines is 1. The maximum absolute atomic E-state index is 12.7. The third kappa shape index (κ3) is 3.81. The van der Waals surface area contributed by atoms with Gasteiger partial charge in [0, 0.05) is 4.88 Å². The SMILES string of the molecule is O=C(OCc1nc2sc3c(c2c(=O)[nH]1)CCCC3)c1cccc(CN2C(=O)c3ccccc3C2=O)c1. The number of ether oxygens (including phenoxy) is 1. The van der Waals surface area contributed by atoms with Crippen LogP contribution in [0.4, 0.5) is 0 Å². The van der Waals surface area contributed by atoms with Gasteiger partial charge in [-0.15, -0.1) is 11.3 Å². The summed E-state index contributed by atoms with van der Waals surface area (Å²) in [7, 11) is 0. The summed E-state index contributed by atoms with van der Waals surface area (Å²) in [5.41, 5.74) is 2.56. The second-order valence-electron chi connectivity index (χ2n) is 8.92. The van der Waals surface area contributed by atoms with Crippen molar-refractivity contribution in [3.8, 4) is 0 Å². The molecule has 0 atom stereocenters. The molecule has 0 saturated carbocycles. The number of H-pyrrole nitrogens is 1. The van der Waals surface area contributed by atoms with E-state index in [9.17, 15) is 19.2 Å². The Kier molecular flexibility index (Phi) is 5.49. The highest BCUT2D eigenvalue weighted by molar-refractivity contribution is 7.18. The fraction of sp³-hybridized carbons (Fsp3) is 0.222. The predicted molar refractivity (Wildman–Crippen MR) is 133 cm³/mol. The number of imide groups is 1. The van der Waals surface area contributed by atoms with E-state index in [-0.39, 0.29) is 36.1 Å². The number of esters is 1. The summed E-state index contributed by atoms with van der Waals surface area (Å²) >= 11 is 1.54. The quantitative estimate of drug-likeness (QED) is 0.328. The predicted octanol–water partition coefficient (Wildman–Crippen LogP) is 4.02. The van der Waals surface area contributed by atoms with Gasteiger partial charge in [-0.1, -0.05) is 24.3 Å². The van der Waals surface area contributed by atoms with Gasteiger partial charge in [-0.3, -0.25) is 19.3 Å². The van der Waals surface area contributed by atoms with Crippen LogP contribution in [0.3, 0.4) is 0 Å². The van der Waals surface area contributed by atoms with Crippen LogP contribution in [0.15, 0.2) is 53.3 Å². The normalized spacial score (nSPS) is 14.7. The summed E-state index contributed by atoms with van der Waals surface area (Å²) in [4.78, 5) is 61.1. The Morgan fingerprint density at radius 3 is 2.53 bits per heavy atom. The zero-order valence-electron chi connectivity index (χ0n) is 19.2. The Morgan fingerprint density at radius 1 is 1.00 bits per heavy atom. The number of nitrogens with zero attached hydrogens (tertiary/aromatic N) is 2. The number of hydrogen-bond acceptors (Lipinski definition) is 7. The smallest absolute Gasteiger partial charge is 0.338 e. The summed E-state index contributed by atoms with van der Waals surface area (Å²) in [5, 5.41) is 0.658. The molecule has 2 aliphatic rings. The van der Waals surface area contributed by atoms with E-state index in [1.807, 2.05) is 0 Å². The molecule has 0 spiro atoms.